The van der Waals surface area contributed by atoms with Gasteiger partial charge < -0.3 is 10.6 Å². The summed E-state index contributed by atoms with van der Waals surface area (Å²) in [4.78, 5) is 36.9. The second-order valence-electron chi connectivity index (χ2n) is 4.29. The largest absolute Gasteiger partial charge is 0.398 e. The van der Waals surface area contributed by atoms with Gasteiger partial charge in [0.15, 0.2) is 0 Å². The molecule has 1 atom stereocenters. The number of piperidine rings is 1. The van der Waals surface area contributed by atoms with Crippen LogP contribution in [0.15, 0.2) is 12.1 Å². The van der Waals surface area contributed by atoms with E-state index in [9.17, 15) is 18.8 Å². The number of nitrogens with two attached hydrogens (primary N) is 1. The zero-order chi connectivity index (χ0) is 18.9. The standard InChI is InChI=1S/C13H12FN3O3/c14-6-3-7-8(9(15)4-6)5-17(13(7)20)10-1-2-11(18)16-12(10)19/h3-4,10H,1-2,5,15H2,(H,16,18,19)/t10-/m1/s1/i1D2,2D2,10D. The summed E-state index contributed by atoms with van der Waals surface area (Å²) in [5, 5.41) is 1.59. The van der Waals surface area contributed by atoms with Crippen molar-refractivity contribution in [3.05, 3.63) is 29.1 Å². The highest BCUT2D eigenvalue weighted by Gasteiger charge is 2.39. The third-order valence-electron chi connectivity index (χ3n) is 3.05. The molecule has 0 unspecified atom stereocenters. The van der Waals surface area contributed by atoms with Crippen LogP contribution in [-0.4, -0.2) is 28.6 Å². The van der Waals surface area contributed by atoms with Crippen molar-refractivity contribution in [1.29, 1.82) is 0 Å². The summed E-state index contributed by atoms with van der Waals surface area (Å²) in [6, 6.07) is -1.32. The number of hydrogen-bond acceptors (Lipinski definition) is 4. The van der Waals surface area contributed by atoms with Gasteiger partial charge >= 0.3 is 0 Å². The molecule has 0 spiro atoms. The first-order chi connectivity index (χ1) is 11.4. The molecule has 2 heterocycles. The number of nitrogen functional groups attached to an aromatic ring is 1. The summed E-state index contributed by atoms with van der Waals surface area (Å²) in [7, 11) is 0. The Morgan fingerprint density at radius 3 is 2.95 bits per heavy atom. The van der Waals surface area contributed by atoms with Gasteiger partial charge in [0.1, 0.15) is 11.8 Å². The third-order valence-corrected chi connectivity index (χ3v) is 3.05. The first-order valence-electron chi connectivity index (χ1n) is 8.11. The minimum Gasteiger partial charge on any atom is -0.398 e. The number of anilines is 1. The molecular weight excluding hydrogens is 265 g/mol. The summed E-state index contributed by atoms with van der Waals surface area (Å²) in [5.74, 6) is -4.91. The highest BCUT2D eigenvalue weighted by atomic mass is 19.1. The molecule has 3 rings (SSSR count). The molecule has 0 aromatic heterocycles. The van der Waals surface area contributed by atoms with E-state index in [2.05, 4.69) is 0 Å². The van der Waals surface area contributed by atoms with Crippen LogP contribution in [0, 0.1) is 5.82 Å². The Hall–Kier alpha value is -2.44. The molecular formula is C13H12FN3O3. The normalized spacial score (nSPS) is 34.4. The first kappa shape index (κ1) is 7.98. The molecule has 1 fully saturated rings. The Morgan fingerprint density at radius 1 is 1.45 bits per heavy atom. The number of fused-ring (bicyclic) bond motifs is 1. The summed E-state index contributed by atoms with van der Waals surface area (Å²) >= 11 is 0. The Morgan fingerprint density at radius 2 is 2.20 bits per heavy atom. The van der Waals surface area contributed by atoms with Crippen molar-refractivity contribution >= 4 is 23.4 Å². The maximum absolute atomic E-state index is 13.5. The number of carbonyl (C=O) groups is 3. The molecule has 0 saturated carbocycles. The van der Waals surface area contributed by atoms with Gasteiger partial charge in [0.05, 0.1) is 1.37 Å². The minimum atomic E-state index is -3.37. The molecule has 0 aliphatic carbocycles. The molecule has 0 radical (unpaired) electrons. The molecule has 2 aliphatic rings. The summed E-state index contributed by atoms with van der Waals surface area (Å²) < 4.78 is 52.9. The number of rotatable bonds is 1. The second kappa shape index (κ2) is 4.29. The Balaban J connectivity index is 2.16. The van der Waals surface area contributed by atoms with Gasteiger partial charge in [-0.25, -0.2) is 4.39 Å². The molecule has 6 nitrogen and oxygen atoms in total. The van der Waals surface area contributed by atoms with Crippen molar-refractivity contribution in [3.8, 4) is 0 Å². The van der Waals surface area contributed by atoms with E-state index in [1.54, 1.807) is 5.32 Å². The van der Waals surface area contributed by atoms with Crippen LogP contribution in [0.3, 0.4) is 0 Å². The minimum absolute atomic E-state index is 0.0964. The van der Waals surface area contributed by atoms with Crippen molar-refractivity contribution < 1.29 is 25.6 Å². The van der Waals surface area contributed by atoms with Crippen molar-refractivity contribution in [2.75, 3.05) is 5.73 Å². The SMILES string of the molecule is [2H]C1([2H])C(=O)NC(=O)[C@]([2H])(N2Cc3c(N)cc(F)cc3C2=O)C1([2H])[2H]. The van der Waals surface area contributed by atoms with E-state index in [1.807, 2.05) is 0 Å². The number of benzene rings is 1. The van der Waals surface area contributed by atoms with E-state index >= 15 is 0 Å². The highest BCUT2D eigenvalue weighted by molar-refractivity contribution is 6.06. The number of nitrogens with one attached hydrogen (secondary N) is 1. The van der Waals surface area contributed by atoms with Crippen LogP contribution in [0.4, 0.5) is 10.1 Å². The van der Waals surface area contributed by atoms with Crippen LogP contribution in [0.25, 0.3) is 0 Å². The lowest BCUT2D eigenvalue weighted by atomic mass is 10.0. The zero-order valence-electron chi connectivity index (χ0n) is 15.0. The van der Waals surface area contributed by atoms with E-state index in [1.165, 1.54) is 0 Å². The first-order valence-corrected chi connectivity index (χ1v) is 5.61. The number of halogens is 1. The smallest absolute Gasteiger partial charge is 0.255 e. The maximum Gasteiger partial charge on any atom is 0.255 e. The highest BCUT2D eigenvalue weighted by Crippen LogP contribution is 2.31. The van der Waals surface area contributed by atoms with E-state index in [0.29, 0.717) is 4.90 Å². The summed E-state index contributed by atoms with van der Waals surface area (Å²) in [6.07, 6.45) is -6.63. The van der Waals surface area contributed by atoms with Gasteiger partial charge in [-0.3, -0.25) is 19.7 Å². The van der Waals surface area contributed by atoms with Gasteiger partial charge in [0, 0.05) is 35.2 Å². The molecule has 7 heteroatoms. The fraction of sp³-hybridized carbons (Fsp3) is 0.308. The molecule has 2 aliphatic heterocycles. The van der Waals surface area contributed by atoms with E-state index in [0.717, 1.165) is 12.1 Å². The van der Waals surface area contributed by atoms with Gasteiger partial charge in [-0.1, -0.05) is 0 Å². The quantitative estimate of drug-likeness (QED) is 0.567. The van der Waals surface area contributed by atoms with Crippen LogP contribution in [-0.2, 0) is 16.1 Å². The average Bonchev–Trinajstić information content (AvgIpc) is 2.82. The lowest BCUT2D eigenvalue weighted by Gasteiger charge is -2.29. The van der Waals surface area contributed by atoms with Gasteiger partial charge in [-0.2, -0.15) is 0 Å². The Kier molecular flexibility index (Phi) is 1.71. The maximum atomic E-state index is 13.5. The van der Waals surface area contributed by atoms with Gasteiger partial charge in [-0.05, 0) is 18.5 Å². The van der Waals surface area contributed by atoms with Crippen molar-refractivity contribution in [2.45, 2.75) is 25.3 Å². The van der Waals surface area contributed by atoms with Crippen LogP contribution in [0.5, 0.6) is 0 Å². The number of carbonyl (C=O) groups excluding carboxylic acids is 3. The average molecular weight is 282 g/mol. The fourth-order valence-electron chi connectivity index (χ4n) is 2.14. The third kappa shape index (κ3) is 1.82. The Labute approximate surface area is 120 Å². The van der Waals surface area contributed by atoms with E-state index < -0.39 is 48.8 Å². The molecule has 3 amide bonds. The molecule has 104 valence electrons. The van der Waals surface area contributed by atoms with Crippen molar-refractivity contribution in [1.82, 2.24) is 10.2 Å². The molecule has 20 heavy (non-hydrogen) atoms. The lowest BCUT2D eigenvalue weighted by molar-refractivity contribution is -0.136. The Bertz CT molecular complexity index is 846. The van der Waals surface area contributed by atoms with Crippen LogP contribution in [0.2, 0.25) is 0 Å². The second-order valence-corrected chi connectivity index (χ2v) is 4.29. The molecule has 1 aromatic rings. The van der Waals surface area contributed by atoms with Crippen molar-refractivity contribution in [2.24, 2.45) is 0 Å². The summed E-state index contributed by atoms with van der Waals surface area (Å²) in [6.45, 7) is -0.499. The van der Waals surface area contributed by atoms with Crippen LogP contribution >= 0.6 is 0 Å². The van der Waals surface area contributed by atoms with Crippen molar-refractivity contribution in [3.63, 3.8) is 0 Å². The monoisotopic (exact) mass is 282 g/mol. The summed E-state index contributed by atoms with van der Waals surface area (Å²) in [5.41, 5.74) is 5.38. The number of amides is 3. The number of hydrogen-bond donors (Lipinski definition) is 2. The predicted molar refractivity (Wildman–Crippen MR) is 66.9 cm³/mol. The molecule has 1 saturated heterocycles. The zero-order valence-corrected chi connectivity index (χ0v) is 9.99. The van der Waals surface area contributed by atoms with Crippen LogP contribution < -0.4 is 11.1 Å². The number of imide groups is 1. The van der Waals surface area contributed by atoms with Gasteiger partial charge in [0.25, 0.3) is 5.91 Å². The van der Waals surface area contributed by atoms with Gasteiger partial charge in [0.2, 0.25) is 11.8 Å². The van der Waals surface area contributed by atoms with Gasteiger partial charge in [-0.15, -0.1) is 0 Å². The predicted octanol–water partition coefficient (Wildman–Crippen LogP) is 0.169. The van der Waals surface area contributed by atoms with E-state index in [-0.39, 0.29) is 16.8 Å². The molecule has 1 aromatic carbocycles. The van der Waals surface area contributed by atoms with Crippen LogP contribution in [0.1, 0.15) is 35.5 Å². The lowest BCUT2D eigenvalue weighted by Crippen LogP contribution is -2.52. The number of nitrogens with zero attached hydrogens (tertiary/aromatic N) is 1. The molecule has 0 bridgehead atoms. The fourth-order valence-corrected chi connectivity index (χ4v) is 2.14. The molecule has 3 N–H and O–H groups in total. The van der Waals surface area contributed by atoms with E-state index in [4.69, 9.17) is 12.6 Å². The topological polar surface area (TPSA) is 92.5 Å².